The Labute approximate surface area is 171 Å². The molecule has 0 spiro atoms. The summed E-state index contributed by atoms with van der Waals surface area (Å²) in [6, 6.07) is 11.4. The first kappa shape index (κ1) is 23.4. The zero-order valence-corrected chi connectivity index (χ0v) is 17.6. The summed E-state index contributed by atoms with van der Waals surface area (Å²) >= 11 is 0. The number of aromatic nitrogens is 3. The zero-order chi connectivity index (χ0) is 21.8. The molecule has 29 heavy (non-hydrogen) atoms. The van der Waals surface area contributed by atoms with E-state index in [9.17, 15) is 4.39 Å². The van der Waals surface area contributed by atoms with Crippen LogP contribution in [-0.2, 0) is 0 Å². The van der Waals surface area contributed by atoms with Crippen molar-refractivity contribution >= 4 is 0 Å². The minimum atomic E-state index is -0.510. The zero-order valence-electron chi connectivity index (χ0n) is 17.6. The van der Waals surface area contributed by atoms with Crippen molar-refractivity contribution in [3.05, 3.63) is 70.9 Å². The molecule has 2 heterocycles. The number of methoxy groups -OCH3 is 1. The minimum Gasteiger partial charge on any atom is -0.479 e. The van der Waals surface area contributed by atoms with E-state index in [0.717, 1.165) is 0 Å². The highest BCUT2D eigenvalue weighted by Gasteiger charge is 2.16. The number of hydrogen-bond donors (Lipinski definition) is 0. The fraction of sp³-hybridized carbons (Fsp3) is 0.261. The maximum atomic E-state index is 13.7. The average Bonchev–Trinajstić information content (AvgIpc) is 3.10. The number of nitriles is 1. The molecule has 2 aromatic heterocycles. The molecule has 5 nitrogen and oxygen atoms in total. The van der Waals surface area contributed by atoms with E-state index in [2.05, 4.69) is 21.9 Å². The number of nitrogens with zero attached hydrogens (tertiary/aromatic N) is 4. The topological polar surface area (TPSA) is 63.7 Å². The highest BCUT2D eigenvalue weighted by Crippen LogP contribution is 2.24. The van der Waals surface area contributed by atoms with Crippen molar-refractivity contribution in [1.82, 2.24) is 14.8 Å². The predicted molar refractivity (Wildman–Crippen MR) is 112 cm³/mol. The van der Waals surface area contributed by atoms with Gasteiger partial charge in [-0.3, -0.25) is 0 Å². The second kappa shape index (κ2) is 11.9. The predicted octanol–water partition coefficient (Wildman–Crippen LogP) is 5.05. The van der Waals surface area contributed by atoms with Gasteiger partial charge in [0.05, 0.1) is 30.1 Å². The summed E-state index contributed by atoms with van der Waals surface area (Å²) in [6.07, 6.45) is 1.66. The number of halogens is 1. The van der Waals surface area contributed by atoms with E-state index in [1.165, 1.54) is 23.9 Å². The van der Waals surface area contributed by atoms with E-state index in [-0.39, 0.29) is 5.56 Å². The lowest BCUT2D eigenvalue weighted by Crippen LogP contribution is -2.00. The Kier molecular flexibility index (Phi) is 9.64. The van der Waals surface area contributed by atoms with E-state index in [1.54, 1.807) is 25.3 Å². The SMILES string of the molecule is CC.CC.COc1nn(-c2cc(F)cc(C#N)c2)c(C)c1C#Cc1ccccn1. The highest BCUT2D eigenvalue weighted by atomic mass is 19.1. The van der Waals surface area contributed by atoms with E-state index < -0.39 is 5.82 Å². The van der Waals surface area contributed by atoms with Crippen LogP contribution in [0, 0.1) is 35.9 Å². The third-order valence-electron chi connectivity index (χ3n) is 3.51. The maximum absolute atomic E-state index is 13.7. The van der Waals surface area contributed by atoms with Crippen LogP contribution in [0.4, 0.5) is 4.39 Å². The third kappa shape index (κ3) is 5.92. The van der Waals surface area contributed by atoms with Crippen LogP contribution in [0.2, 0.25) is 0 Å². The third-order valence-corrected chi connectivity index (χ3v) is 3.51. The van der Waals surface area contributed by atoms with Crippen LogP contribution in [0.25, 0.3) is 5.69 Å². The Morgan fingerprint density at radius 2 is 1.79 bits per heavy atom. The van der Waals surface area contributed by atoms with Crippen LogP contribution in [0.3, 0.4) is 0 Å². The van der Waals surface area contributed by atoms with Crippen molar-refractivity contribution in [2.75, 3.05) is 7.11 Å². The monoisotopic (exact) mass is 392 g/mol. The Morgan fingerprint density at radius 1 is 1.07 bits per heavy atom. The van der Waals surface area contributed by atoms with Crippen LogP contribution in [0.15, 0.2) is 42.6 Å². The van der Waals surface area contributed by atoms with Crippen LogP contribution in [0.5, 0.6) is 5.88 Å². The van der Waals surface area contributed by atoms with Gasteiger partial charge in [0.2, 0.25) is 5.88 Å². The van der Waals surface area contributed by atoms with Crippen molar-refractivity contribution in [2.24, 2.45) is 0 Å². The standard InChI is InChI=1S/C19H13FN4O.2C2H6/c1-13-18(7-6-16-5-3-4-8-22-16)19(25-2)23-24(13)17-10-14(12-21)9-15(20)11-17;2*1-2/h3-5,8-11H,1-2H3;2*1-2H3. The van der Waals surface area contributed by atoms with E-state index >= 15 is 0 Å². The van der Waals surface area contributed by atoms with Crippen LogP contribution in [0.1, 0.15) is 50.2 Å². The fourth-order valence-corrected chi connectivity index (χ4v) is 2.34. The summed E-state index contributed by atoms with van der Waals surface area (Å²) in [5.74, 6) is 5.77. The smallest absolute Gasteiger partial charge is 0.249 e. The van der Waals surface area contributed by atoms with Gasteiger partial charge in [0.25, 0.3) is 0 Å². The molecule has 3 rings (SSSR count). The summed E-state index contributed by atoms with van der Waals surface area (Å²) in [7, 11) is 1.49. The molecule has 1 aromatic carbocycles. The van der Waals surface area contributed by atoms with Gasteiger partial charge in [0, 0.05) is 6.20 Å². The molecule has 0 saturated carbocycles. The Balaban J connectivity index is 0.000000989. The molecule has 0 fully saturated rings. The van der Waals surface area contributed by atoms with Gasteiger partial charge >= 0.3 is 0 Å². The molecule has 0 atom stereocenters. The molecule has 0 saturated heterocycles. The number of ether oxygens (including phenoxy) is 1. The largest absolute Gasteiger partial charge is 0.479 e. The summed E-state index contributed by atoms with van der Waals surface area (Å²) in [5, 5.41) is 13.3. The van der Waals surface area contributed by atoms with Crippen LogP contribution < -0.4 is 4.74 Å². The van der Waals surface area contributed by atoms with Gasteiger partial charge in [-0.05, 0) is 43.2 Å². The van der Waals surface area contributed by atoms with Gasteiger partial charge in [0.15, 0.2) is 0 Å². The van der Waals surface area contributed by atoms with E-state index in [1.807, 2.05) is 45.9 Å². The van der Waals surface area contributed by atoms with E-state index in [4.69, 9.17) is 10.00 Å². The highest BCUT2D eigenvalue weighted by molar-refractivity contribution is 5.52. The molecule has 0 amide bonds. The van der Waals surface area contributed by atoms with Gasteiger partial charge in [0.1, 0.15) is 17.1 Å². The molecule has 0 bridgehead atoms. The van der Waals surface area contributed by atoms with Gasteiger partial charge in [-0.2, -0.15) is 5.26 Å². The lowest BCUT2D eigenvalue weighted by Gasteiger charge is -2.04. The van der Waals surface area contributed by atoms with Crippen molar-refractivity contribution in [3.8, 4) is 29.5 Å². The second-order valence-corrected chi connectivity index (χ2v) is 5.16. The molecular weight excluding hydrogens is 367 g/mol. The molecule has 0 aliphatic carbocycles. The molecule has 150 valence electrons. The molecule has 0 N–H and O–H groups in total. The Hall–Kier alpha value is -3.64. The number of pyridine rings is 1. The van der Waals surface area contributed by atoms with Gasteiger partial charge < -0.3 is 4.74 Å². The van der Waals surface area contributed by atoms with Gasteiger partial charge in [-0.15, -0.1) is 5.10 Å². The van der Waals surface area contributed by atoms with Crippen molar-refractivity contribution in [2.45, 2.75) is 34.6 Å². The Morgan fingerprint density at radius 3 is 2.38 bits per heavy atom. The second-order valence-electron chi connectivity index (χ2n) is 5.16. The lowest BCUT2D eigenvalue weighted by molar-refractivity contribution is 0.393. The normalized spacial score (nSPS) is 8.90. The summed E-state index contributed by atoms with van der Waals surface area (Å²) in [4.78, 5) is 4.15. The number of rotatable bonds is 2. The van der Waals surface area contributed by atoms with E-state index in [0.29, 0.717) is 28.5 Å². The van der Waals surface area contributed by atoms with Crippen molar-refractivity contribution in [3.63, 3.8) is 0 Å². The average molecular weight is 392 g/mol. The summed E-state index contributed by atoms with van der Waals surface area (Å²) in [6.45, 7) is 9.80. The van der Waals surface area contributed by atoms with Crippen molar-refractivity contribution in [1.29, 1.82) is 5.26 Å². The molecule has 0 unspecified atom stereocenters. The molecule has 6 heteroatoms. The fourth-order valence-electron chi connectivity index (χ4n) is 2.34. The first-order chi connectivity index (χ1) is 14.1. The minimum absolute atomic E-state index is 0.213. The summed E-state index contributed by atoms with van der Waals surface area (Å²) < 4.78 is 20.5. The van der Waals surface area contributed by atoms with Crippen LogP contribution >= 0.6 is 0 Å². The Bertz CT molecular complexity index is 1020. The number of benzene rings is 1. The molecular formula is C23H25FN4O. The van der Waals surface area contributed by atoms with Gasteiger partial charge in [-0.25, -0.2) is 14.1 Å². The van der Waals surface area contributed by atoms with Crippen molar-refractivity contribution < 1.29 is 9.13 Å². The number of hydrogen-bond acceptors (Lipinski definition) is 4. The first-order valence-corrected chi connectivity index (χ1v) is 9.40. The molecule has 0 aliphatic heterocycles. The quantitative estimate of drug-likeness (QED) is 0.573. The molecule has 0 radical (unpaired) electrons. The van der Waals surface area contributed by atoms with Gasteiger partial charge in [-0.1, -0.05) is 39.7 Å². The molecule has 3 aromatic rings. The first-order valence-electron chi connectivity index (χ1n) is 9.40. The maximum Gasteiger partial charge on any atom is 0.249 e. The summed E-state index contributed by atoms with van der Waals surface area (Å²) in [5.41, 5.74) is 2.52. The molecule has 0 aliphatic rings. The van der Waals surface area contributed by atoms with Crippen LogP contribution in [-0.4, -0.2) is 21.9 Å². The lowest BCUT2D eigenvalue weighted by atomic mass is 10.2.